The first-order chi connectivity index (χ1) is 16.8. The highest BCUT2D eigenvalue weighted by atomic mass is 28.4. The second kappa shape index (κ2) is 14.7. The fourth-order valence-electron chi connectivity index (χ4n) is 5.07. The van der Waals surface area contributed by atoms with Gasteiger partial charge in [-0.15, -0.1) is 0 Å². The van der Waals surface area contributed by atoms with Gasteiger partial charge in [-0.05, 0) is 53.4 Å². The zero-order valence-corrected chi connectivity index (χ0v) is 24.1. The van der Waals surface area contributed by atoms with E-state index in [1.54, 1.807) is 7.11 Å². The lowest BCUT2D eigenvalue weighted by molar-refractivity contribution is -0.0211. The summed E-state index contributed by atoms with van der Waals surface area (Å²) in [6.45, 7) is 15.8. The van der Waals surface area contributed by atoms with Crippen LogP contribution in [-0.2, 0) is 13.9 Å². The molecule has 35 heavy (non-hydrogen) atoms. The number of hydrogen-bond acceptors (Lipinski definition) is 3. The van der Waals surface area contributed by atoms with Crippen molar-refractivity contribution in [3.63, 3.8) is 0 Å². The summed E-state index contributed by atoms with van der Waals surface area (Å²) in [5, 5.41) is 2.58. The number of methoxy groups -OCH3 is 1. The van der Waals surface area contributed by atoms with E-state index in [1.165, 1.54) is 10.4 Å². The van der Waals surface area contributed by atoms with Gasteiger partial charge in [0.15, 0.2) is 0 Å². The van der Waals surface area contributed by atoms with E-state index in [-0.39, 0.29) is 11.1 Å². The van der Waals surface area contributed by atoms with Gasteiger partial charge >= 0.3 is 0 Å². The molecule has 2 rings (SSSR count). The maximum Gasteiger partial charge on any atom is 0.261 e. The van der Waals surface area contributed by atoms with E-state index in [0.717, 1.165) is 32.5 Å². The number of unbranched alkanes of at least 4 members (excludes halogenated alkanes) is 1. The molecular formula is C31H48O3Si. The van der Waals surface area contributed by atoms with Crippen molar-refractivity contribution in [2.75, 3.05) is 26.9 Å². The van der Waals surface area contributed by atoms with Crippen LogP contribution in [0.2, 0.25) is 5.04 Å². The Labute approximate surface area is 216 Å². The average Bonchev–Trinajstić information content (AvgIpc) is 2.83. The summed E-state index contributed by atoms with van der Waals surface area (Å²) >= 11 is 0. The van der Waals surface area contributed by atoms with Gasteiger partial charge in [-0.3, -0.25) is 0 Å². The number of rotatable bonds is 15. The van der Waals surface area contributed by atoms with E-state index in [4.69, 9.17) is 13.9 Å². The Morgan fingerprint density at radius 1 is 0.857 bits per heavy atom. The Kier molecular flexibility index (Phi) is 12.4. The highest BCUT2D eigenvalue weighted by Gasteiger charge is 2.50. The fourth-order valence-corrected chi connectivity index (χ4v) is 9.64. The largest absolute Gasteiger partial charge is 0.405 e. The lowest BCUT2D eigenvalue weighted by Gasteiger charge is -2.44. The molecule has 3 atom stereocenters. The smallest absolute Gasteiger partial charge is 0.261 e. The molecule has 0 fully saturated rings. The predicted molar refractivity (Wildman–Crippen MR) is 152 cm³/mol. The van der Waals surface area contributed by atoms with Crippen LogP contribution in [0.15, 0.2) is 72.8 Å². The third-order valence-corrected chi connectivity index (χ3v) is 11.9. The van der Waals surface area contributed by atoms with Gasteiger partial charge < -0.3 is 13.9 Å². The second-order valence-electron chi connectivity index (χ2n) is 10.8. The molecule has 0 amide bonds. The normalized spacial score (nSPS) is 15.3. The lowest BCUT2D eigenvalue weighted by atomic mass is 9.92. The maximum atomic E-state index is 7.24. The van der Waals surface area contributed by atoms with Crippen LogP contribution in [0.1, 0.15) is 60.8 Å². The molecule has 0 saturated heterocycles. The molecule has 0 bridgehead atoms. The van der Waals surface area contributed by atoms with Crippen molar-refractivity contribution in [2.45, 2.75) is 71.9 Å². The highest BCUT2D eigenvalue weighted by molar-refractivity contribution is 6.99. The Hall–Kier alpha value is -1.72. The summed E-state index contributed by atoms with van der Waals surface area (Å²) in [6, 6.07) is 21.7. The van der Waals surface area contributed by atoms with Crippen molar-refractivity contribution >= 4 is 18.7 Å². The first-order valence-electron chi connectivity index (χ1n) is 13.2. The minimum absolute atomic E-state index is 0.0415. The van der Waals surface area contributed by atoms with E-state index < -0.39 is 8.32 Å². The average molecular weight is 497 g/mol. The predicted octanol–water partition coefficient (Wildman–Crippen LogP) is 6.61. The van der Waals surface area contributed by atoms with Gasteiger partial charge in [0.1, 0.15) is 0 Å². The quantitative estimate of drug-likeness (QED) is 0.158. The van der Waals surface area contributed by atoms with Crippen molar-refractivity contribution in [3.05, 3.63) is 72.8 Å². The molecule has 0 heterocycles. The molecule has 0 saturated carbocycles. The minimum Gasteiger partial charge on any atom is -0.405 e. The molecule has 0 aromatic heterocycles. The summed E-state index contributed by atoms with van der Waals surface area (Å²) in [5.74, 6) is 0.907. The van der Waals surface area contributed by atoms with E-state index >= 15 is 0 Å². The molecule has 3 nitrogen and oxygen atoms in total. The second-order valence-corrected chi connectivity index (χ2v) is 15.1. The van der Waals surface area contributed by atoms with E-state index in [0.29, 0.717) is 18.4 Å². The topological polar surface area (TPSA) is 27.7 Å². The number of allylic oxidation sites excluding steroid dienone is 2. The summed E-state index contributed by atoms with van der Waals surface area (Å²) in [5.41, 5.74) is 0. The van der Waals surface area contributed by atoms with E-state index in [9.17, 15) is 0 Å². The Morgan fingerprint density at radius 3 is 1.89 bits per heavy atom. The SMILES string of the molecule is C/C=C/[C@@H](C)C[C@H](C)[C@@H](CO[Si](c1ccccc1)(c1ccccc1)C(C)(C)C)OCCCCOC. The fraction of sp³-hybridized carbons (Fsp3) is 0.548. The van der Waals surface area contributed by atoms with Crippen molar-refractivity contribution in [3.8, 4) is 0 Å². The molecule has 0 unspecified atom stereocenters. The molecule has 0 aliphatic rings. The minimum atomic E-state index is -2.59. The van der Waals surface area contributed by atoms with Crippen molar-refractivity contribution in [2.24, 2.45) is 11.8 Å². The molecular weight excluding hydrogens is 448 g/mol. The molecule has 194 valence electrons. The molecule has 0 aliphatic heterocycles. The van der Waals surface area contributed by atoms with E-state index in [2.05, 4.69) is 114 Å². The molecule has 0 N–H and O–H groups in total. The summed E-state index contributed by atoms with van der Waals surface area (Å²) in [6.07, 6.45) is 7.58. The van der Waals surface area contributed by atoms with Crippen molar-refractivity contribution in [1.82, 2.24) is 0 Å². The maximum absolute atomic E-state index is 7.24. The van der Waals surface area contributed by atoms with Gasteiger partial charge in [-0.25, -0.2) is 0 Å². The Balaban J connectivity index is 2.36. The first-order valence-corrected chi connectivity index (χ1v) is 15.2. The third-order valence-electron chi connectivity index (χ3n) is 6.85. The van der Waals surface area contributed by atoms with Crippen molar-refractivity contribution < 1.29 is 13.9 Å². The van der Waals surface area contributed by atoms with Crippen LogP contribution >= 0.6 is 0 Å². The zero-order valence-electron chi connectivity index (χ0n) is 23.1. The molecule has 2 aromatic rings. The number of benzene rings is 2. The molecule has 0 aliphatic carbocycles. The zero-order chi connectivity index (χ0) is 25.7. The summed E-state index contributed by atoms with van der Waals surface area (Å²) in [7, 11) is -0.831. The van der Waals surface area contributed by atoms with Crippen molar-refractivity contribution in [1.29, 1.82) is 0 Å². The van der Waals surface area contributed by atoms with E-state index in [1.807, 2.05) is 0 Å². The van der Waals surface area contributed by atoms with Crippen LogP contribution in [-0.4, -0.2) is 41.4 Å². The lowest BCUT2D eigenvalue weighted by Crippen LogP contribution is -2.67. The van der Waals surface area contributed by atoms with Crippen LogP contribution in [0.25, 0.3) is 0 Å². The van der Waals surface area contributed by atoms with Crippen LogP contribution in [0.5, 0.6) is 0 Å². The monoisotopic (exact) mass is 496 g/mol. The van der Waals surface area contributed by atoms with Crippen LogP contribution in [0.3, 0.4) is 0 Å². The summed E-state index contributed by atoms with van der Waals surface area (Å²) < 4.78 is 19.0. The van der Waals surface area contributed by atoms with Gasteiger partial charge in [0.25, 0.3) is 8.32 Å². The Bertz CT molecular complexity index is 805. The molecule has 0 radical (unpaired) electrons. The van der Waals surface area contributed by atoms with Crippen LogP contribution in [0.4, 0.5) is 0 Å². The van der Waals surface area contributed by atoms with Gasteiger partial charge in [0.05, 0.1) is 12.7 Å². The number of hydrogen-bond donors (Lipinski definition) is 0. The van der Waals surface area contributed by atoms with Crippen LogP contribution in [0, 0.1) is 11.8 Å². The highest BCUT2D eigenvalue weighted by Crippen LogP contribution is 2.37. The summed E-state index contributed by atoms with van der Waals surface area (Å²) in [4.78, 5) is 0. The molecule has 2 aromatic carbocycles. The first kappa shape index (κ1) is 29.5. The van der Waals surface area contributed by atoms with Crippen LogP contribution < -0.4 is 10.4 Å². The van der Waals surface area contributed by atoms with Gasteiger partial charge in [-0.1, -0.05) is 107 Å². The standard InChI is InChI=1S/C31H48O3Si/c1-8-17-26(2)24-27(3)30(33-23-16-15-22-32-7)25-34-35(31(4,5)6,28-18-11-9-12-19-28)29-20-13-10-14-21-29/h8-14,17-21,26-27,30H,15-16,22-25H2,1-7H3/b17-8+/t26-,27+,30-/m1/s1. The number of ether oxygens (including phenoxy) is 2. The van der Waals surface area contributed by atoms with Gasteiger partial charge in [0.2, 0.25) is 0 Å². The molecule has 0 spiro atoms. The van der Waals surface area contributed by atoms with Gasteiger partial charge in [0, 0.05) is 20.3 Å². The molecule has 4 heteroatoms. The Morgan fingerprint density at radius 2 is 1.40 bits per heavy atom. The van der Waals surface area contributed by atoms with Gasteiger partial charge in [-0.2, -0.15) is 0 Å². The third kappa shape index (κ3) is 8.42.